The highest BCUT2D eigenvalue weighted by Crippen LogP contribution is 2.16. The molecule has 0 atom stereocenters. The van der Waals surface area contributed by atoms with Crippen molar-refractivity contribution in [1.82, 2.24) is 10.2 Å². The first-order valence-electron chi connectivity index (χ1n) is 4.78. The number of nitrogens with two attached hydrogens (primary N) is 1. The lowest BCUT2D eigenvalue weighted by atomic mass is 10.1. The van der Waals surface area contributed by atoms with Crippen LogP contribution in [-0.2, 0) is 6.42 Å². The summed E-state index contributed by atoms with van der Waals surface area (Å²) in [6, 6.07) is 9.54. The fourth-order valence-electron chi connectivity index (χ4n) is 1.56. The number of H-pyrrole nitrogens is 1. The van der Waals surface area contributed by atoms with Crippen molar-refractivity contribution in [2.45, 2.75) is 6.42 Å². The van der Waals surface area contributed by atoms with E-state index in [1.165, 1.54) is 0 Å². The SMILES string of the molecule is Nc1n[nH]c(Cc2ccccc2)c1C(=O)O. The molecule has 0 aliphatic rings. The van der Waals surface area contributed by atoms with E-state index < -0.39 is 5.97 Å². The first kappa shape index (κ1) is 10.2. The van der Waals surface area contributed by atoms with Gasteiger partial charge in [0.1, 0.15) is 5.56 Å². The molecular weight excluding hydrogens is 206 g/mol. The molecule has 2 aromatic rings. The summed E-state index contributed by atoms with van der Waals surface area (Å²) < 4.78 is 0. The molecule has 5 heteroatoms. The molecule has 2 rings (SSSR count). The maximum atomic E-state index is 11.0. The Morgan fingerprint density at radius 1 is 1.38 bits per heavy atom. The Morgan fingerprint density at radius 3 is 2.69 bits per heavy atom. The number of aromatic nitrogens is 2. The normalized spacial score (nSPS) is 10.2. The van der Waals surface area contributed by atoms with Crippen LogP contribution >= 0.6 is 0 Å². The van der Waals surface area contributed by atoms with Gasteiger partial charge in [0.05, 0.1) is 5.69 Å². The van der Waals surface area contributed by atoms with Crippen molar-refractivity contribution in [3.8, 4) is 0 Å². The summed E-state index contributed by atoms with van der Waals surface area (Å²) in [4.78, 5) is 11.0. The molecule has 0 aliphatic carbocycles. The molecule has 1 heterocycles. The van der Waals surface area contributed by atoms with Gasteiger partial charge in [-0.25, -0.2) is 4.79 Å². The third kappa shape index (κ3) is 1.88. The predicted molar refractivity (Wildman–Crippen MR) is 59.2 cm³/mol. The zero-order chi connectivity index (χ0) is 11.5. The van der Waals surface area contributed by atoms with E-state index in [1.54, 1.807) is 0 Å². The zero-order valence-corrected chi connectivity index (χ0v) is 8.47. The molecule has 0 saturated carbocycles. The first-order valence-corrected chi connectivity index (χ1v) is 4.78. The number of rotatable bonds is 3. The molecule has 0 amide bonds. The van der Waals surface area contributed by atoms with Crippen LogP contribution in [0, 0.1) is 0 Å². The maximum Gasteiger partial charge on any atom is 0.341 e. The lowest BCUT2D eigenvalue weighted by molar-refractivity contribution is 0.0697. The highest BCUT2D eigenvalue weighted by Gasteiger charge is 2.17. The van der Waals surface area contributed by atoms with Crippen molar-refractivity contribution in [2.24, 2.45) is 0 Å². The van der Waals surface area contributed by atoms with Gasteiger partial charge in [0.2, 0.25) is 0 Å². The summed E-state index contributed by atoms with van der Waals surface area (Å²) in [5.41, 5.74) is 7.06. The summed E-state index contributed by atoms with van der Waals surface area (Å²) in [6.07, 6.45) is 0.479. The number of aromatic amines is 1. The predicted octanol–water partition coefficient (Wildman–Crippen LogP) is 1.28. The lowest BCUT2D eigenvalue weighted by Gasteiger charge is -2.00. The number of aromatic carboxylic acids is 1. The van der Waals surface area contributed by atoms with Gasteiger partial charge in [-0.2, -0.15) is 5.10 Å². The van der Waals surface area contributed by atoms with Gasteiger partial charge in [0.15, 0.2) is 5.82 Å². The average molecular weight is 217 g/mol. The summed E-state index contributed by atoms with van der Waals surface area (Å²) in [5, 5.41) is 15.3. The minimum absolute atomic E-state index is 0.0263. The Bertz CT molecular complexity index is 505. The van der Waals surface area contributed by atoms with Crippen LogP contribution in [0.3, 0.4) is 0 Å². The standard InChI is InChI=1S/C11H11N3O2/c12-10-9(11(15)16)8(13-14-10)6-7-4-2-1-3-5-7/h1-5H,6H2,(H,15,16)(H3,12,13,14). The van der Waals surface area contributed by atoms with Crippen LogP contribution in [0.5, 0.6) is 0 Å². The fourth-order valence-corrected chi connectivity index (χ4v) is 1.56. The van der Waals surface area contributed by atoms with E-state index in [0.29, 0.717) is 12.1 Å². The van der Waals surface area contributed by atoms with Crippen LogP contribution in [0.2, 0.25) is 0 Å². The van der Waals surface area contributed by atoms with Gasteiger partial charge in [-0.15, -0.1) is 0 Å². The van der Waals surface area contributed by atoms with Crippen LogP contribution in [0.25, 0.3) is 0 Å². The van der Waals surface area contributed by atoms with Gasteiger partial charge < -0.3 is 10.8 Å². The Labute approximate surface area is 91.9 Å². The minimum atomic E-state index is -1.06. The summed E-state index contributed by atoms with van der Waals surface area (Å²) in [7, 11) is 0. The van der Waals surface area contributed by atoms with Crippen LogP contribution in [0.1, 0.15) is 21.6 Å². The van der Waals surface area contributed by atoms with Gasteiger partial charge in [0, 0.05) is 6.42 Å². The number of carbonyl (C=O) groups is 1. The second-order valence-electron chi connectivity index (χ2n) is 3.43. The van der Waals surface area contributed by atoms with Gasteiger partial charge in [-0.1, -0.05) is 30.3 Å². The molecule has 82 valence electrons. The highest BCUT2D eigenvalue weighted by molar-refractivity contribution is 5.94. The fraction of sp³-hybridized carbons (Fsp3) is 0.0909. The van der Waals surface area contributed by atoms with Crippen LogP contribution in [-0.4, -0.2) is 21.3 Å². The van der Waals surface area contributed by atoms with Gasteiger partial charge in [-0.05, 0) is 5.56 Å². The molecule has 0 spiro atoms. The minimum Gasteiger partial charge on any atom is -0.477 e. The number of hydrogen-bond acceptors (Lipinski definition) is 3. The highest BCUT2D eigenvalue weighted by atomic mass is 16.4. The number of anilines is 1. The largest absolute Gasteiger partial charge is 0.477 e. The molecule has 0 saturated heterocycles. The molecule has 0 radical (unpaired) electrons. The van der Waals surface area contributed by atoms with Crippen molar-refractivity contribution in [3.05, 3.63) is 47.2 Å². The van der Waals surface area contributed by atoms with Gasteiger partial charge in [0.25, 0.3) is 0 Å². The molecule has 16 heavy (non-hydrogen) atoms. The average Bonchev–Trinajstić information content (AvgIpc) is 2.61. The molecular formula is C11H11N3O2. The molecule has 0 fully saturated rings. The van der Waals surface area contributed by atoms with E-state index in [2.05, 4.69) is 10.2 Å². The van der Waals surface area contributed by atoms with E-state index in [-0.39, 0.29) is 11.4 Å². The Hall–Kier alpha value is -2.30. The van der Waals surface area contributed by atoms with Gasteiger partial charge in [-0.3, -0.25) is 5.10 Å². The third-order valence-corrected chi connectivity index (χ3v) is 2.31. The lowest BCUT2D eigenvalue weighted by Crippen LogP contribution is -2.04. The third-order valence-electron chi connectivity index (χ3n) is 2.31. The smallest absolute Gasteiger partial charge is 0.341 e. The molecule has 1 aromatic heterocycles. The van der Waals surface area contributed by atoms with Crippen LogP contribution in [0.4, 0.5) is 5.82 Å². The van der Waals surface area contributed by atoms with Crippen molar-refractivity contribution >= 4 is 11.8 Å². The second-order valence-corrected chi connectivity index (χ2v) is 3.43. The molecule has 0 unspecified atom stereocenters. The van der Waals surface area contributed by atoms with Gasteiger partial charge >= 0.3 is 5.97 Å². The van der Waals surface area contributed by atoms with Crippen molar-refractivity contribution < 1.29 is 9.90 Å². The number of carboxylic acid groups (broad SMARTS) is 1. The number of nitrogens with one attached hydrogen (secondary N) is 1. The first-order chi connectivity index (χ1) is 7.68. The molecule has 5 nitrogen and oxygen atoms in total. The number of benzene rings is 1. The Morgan fingerprint density at radius 2 is 2.06 bits per heavy atom. The monoisotopic (exact) mass is 217 g/mol. The number of hydrogen-bond donors (Lipinski definition) is 3. The molecule has 1 aromatic carbocycles. The van der Waals surface area contributed by atoms with Crippen molar-refractivity contribution in [1.29, 1.82) is 0 Å². The summed E-state index contributed by atoms with van der Waals surface area (Å²) in [5.74, 6) is -1.03. The van der Waals surface area contributed by atoms with E-state index in [4.69, 9.17) is 10.8 Å². The zero-order valence-electron chi connectivity index (χ0n) is 8.47. The number of nitrogens with zero attached hydrogens (tertiary/aromatic N) is 1. The Balaban J connectivity index is 2.32. The number of carboxylic acids is 1. The van der Waals surface area contributed by atoms with Crippen molar-refractivity contribution in [2.75, 3.05) is 5.73 Å². The summed E-state index contributed by atoms with van der Waals surface area (Å²) >= 11 is 0. The van der Waals surface area contributed by atoms with E-state index >= 15 is 0 Å². The number of nitrogen functional groups attached to an aromatic ring is 1. The Kier molecular flexibility index (Phi) is 2.59. The van der Waals surface area contributed by atoms with Crippen LogP contribution in [0.15, 0.2) is 30.3 Å². The summed E-state index contributed by atoms with van der Waals surface area (Å²) in [6.45, 7) is 0. The molecule has 4 N–H and O–H groups in total. The van der Waals surface area contributed by atoms with E-state index in [0.717, 1.165) is 5.56 Å². The molecule has 0 bridgehead atoms. The molecule has 0 aliphatic heterocycles. The quantitative estimate of drug-likeness (QED) is 0.722. The van der Waals surface area contributed by atoms with E-state index in [9.17, 15) is 4.79 Å². The topological polar surface area (TPSA) is 92.0 Å². The second kappa shape index (κ2) is 4.06. The maximum absolute atomic E-state index is 11.0. The van der Waals surface area contributed by atoms with E-state index in [1.807, 2.05) is 30.3 Å². The van der Waals surface area contributed by atoms with Crippen LogP contribution < -0.4 is 5.73 Å². The van der Waals surface area contributed by atoms with Crippen molar-refractivity contribution in [3.63, 3.8) is 0 Å².